The van der Waals surface area contributed by atoms with Crippen molar-refractivity contribution in [2.45, 2.75) is 45.1 Å². The lowest BCUT2D eigenvalue weighted by Gasteiger charge is -2.20. The van der Waals surface area contributed by atoms with E-state index in [1.165, 1.54) is 0 Å². The summed E-state index contributed by atoms with van der Waals surface area (Å²) in [6, 6.07) is 5.46. The third-order valence-corrected chi connectivity index (χ3v) is 4.56. The molecule has 1 aromatic rings. The van der Waals surface area contributed by atoms with Crippen LogP contribution < -0.4 is 5.32 Å². The highest BCUT2D eigenvalue weighted by Crippen LogP contribution is 2.17. The normalized spacial score (nSPS) is 12.7. The van der Waals surface area contributed by atoms with E-state index in [9.17, 15) is 8.42 Å². The summed E-state index contributed by atoms with van der Waals surface area (Å²) >= 11 is 0. The lowest BCUT2D eigenvalue weighted by atomic mass is 10.1. The number of rotatable bonds is 4. The maximum Gasteiger partial charge on any atom is 0.179 e. The van der Waals surface area contributed by atoms with Gasteiger partial charge in [-0.1, -0.05) is 17.7 Å². The first-order valence-electron chi connectivity index (χ1n) is 6.17. The molecule has 0 atom stereocenters. The Morgan fingerprint density at radius 2 is 1.78 bits per heavy atom. The number of benzene rings is 1. The van der Waals surface area contributed by atoms with Crippen molar-refractivity contribution in [3.63, 3.8) is 0 Å². The van der Waals surface area contributed by atoms with E-state index in [4.69, 9.17) is 0 Å². The Balaban J connectivity index is 2.81. The van der Waals surface area contributed by atoms with Crippen LogP contribution in [-0.2, 0) is 9.84 Å². The van der Waals surface area contributed by atoms with Crippen LogP contribution in [0.5, 0.6) is 0 Å². The second kappa shape index (κ2) is 5.41. The van der Waals surface area contributed by atoms with E-state index in [0.717, 1.165) is 11.1 Å². The van der Waals surface area contributed by atoms with Crippen LogP contribution in [0.1, 0.15) is 31.9 Å². The summed E-state index contributed by atoms with van der Waals surface area (Å²) in [7, 11) is -3.19. The Labute approximate surface area is 111 Å². The van der Waals surface area contributed by atoms with Crippen LogP contribution in [-0.4, -0.2) is 26.3 Å². The first-order chi connectivity index (χ1) is 8.12. The lowest BCUT2D eigenvalue weighted by Crippen LogP contribution is -2.38. The summed E-state index contributed by atoms with van der Waals surface area (Å²) in [5.74, 6) is 0.133. The minimum atomic E-state index is -3.19. The number of sulfone groups is 1. The predicted octanol–water partition coefficient (Wildman–Crippen LogP) is 2.47. The molecule has 1 rings (SSSR count). The Morgan fingerprint density at radius 1 is 1.17 bits per heavy atom. The van der Waals surface area contributed by atoms with Gasteiger partial charge in [0, 0.05) is 12.1 Å². The molecule has 4 heteroatoms. The molecule has 0 aliphatic carbocycles. The number of aryl methyl sites for hydroxylation is 2. The van der Waals surface area contributed by atoms with E-state index in [1.54, 1.807) is 6.07 Å². The van der Waals surface area contributed by atoms with Crippen molar-refractivity contribution in [2.75, 3.05) is 12.3 Å². The smallest absolute Gasteiger partial charge is 0.179 e. The van der Waals surface area contributed by atoms with Crippen LogP contribution in [0, 0.1) is 13.8 Å². The maximum atomic E-state index is 12.2. The zero-order valence-electron chi connectivity index (χ0n) is 11.9. The van der Waals surface area contributed by atoms with E-state index in [2.05, 4.69) is 5.32 Å². The summed E-state index contributed by atoms with van der Waals surface area (Å²) in [5, 5.41) is 3.20. The summed E-state index contributed by atoms with van der Waals surface area (Å²) in [6.45, 7) is 10.4. The summed E-state index contributed by atoms with van der Waals surface area (Å²) < 4.78 is 24.4. The first-order valence-corrected chi connectivity index (χ1v) is 7.82. The van der Waals surface area contributed by atoms with Gasteiger partial charge in [-0.05, 0) is 46.2 Å². The fraction of sp³-hybridized carbons (Fsp3) is 0.571. The van der Waals surface area contributed by atoms with Gasteiger partial charge in [-0.25, -0.2) is 8.42 Å². The van der Waals surface area contributed by atoms with Gasteiger partial charge in [0.15, 0.2) is 9.84 Å². The Morgan fingerprint density at radius 3 is 2.28 bits per heavy atom. The number of hydrogen-bond acceptors (Lipinski definition) is 3. The molecule has 1 aromatic carbocycles. The molecule has 18 heavy (non-hydrogen) atoms. The fourth-order valence-electron chi connectivity index (χ4n) is 1.82. The van der Waals surface area contributed by atoms with Crippen molar-refractivity contribution in [3.8, 4) is 0 Å². The van der Waals surface area contributed by atoms with Crippen LogP contribution in [0.2, 0.25) is 0 Å². The van der Waals surface area contributed by atoms with Crippen LogP contribution >= 0.6 is 0 Å². The highest BCUT2D eigenvalue weighted by atomic mass is 32.2. The Bertz CT molecular complexity index is 513. The monoisotopic (exact) mass is 269 g/mol. The molecule has 0 aromatic heterocycles. The zero-order chi connectivity index (χ0) is 14.0. The molecule has 0 heterocycles. The van der Waals surface area contributed by atoms with Crippen molar-refractivity contribution >= 4 is 9.84 Å². The standard InChI is InChI=1S/C14H23NO2S/c1-11-6-7-13(12(2)10-11)18(16,17)9-8-15-14(3,4)5/h6-7,10,15H,8-9H2,1-5H3. The van der Waals surface area contributed by atoms with Gasteiger partial charge in [0.25, 0.3) is 0 Å². The molecule has 0 radical (unpaired) electrons. The minimum absolute atomic E-state index is 0.0577. The number of hydrogen-bond donors (Lipinski definition) is 1. The molecule has 0 amide bonds. The molecule has 102 valence electrons. The second-order valence-electron chi connectivity index (χ2n) is 5.76. The van der Waals surface area contributed by atoms with Crippen molar-refractivity contribution in [3.05, 3.63) is 29.3 Å². The van der Waals surface area contributed by atoms with Crippen molar-refractivity contribution in [1.29, 1.82) is 0 Å². The van der Waals surface area contributed by atoms with Gasteiger partial charge in [-0.15, -0.1) is 0 Å². The van der Waals surface area contributed by atoms with Crippen LogP contribution in [0.25, 0.3) is 0 Å². The molecule has 0 aliphatic rings. The molecule has 0 fully saturated rings. The molecule has 0 unspecified atom stereocenters. The van der Waals surface area contributed by atoms with E-state index < -0.39 is 9.84 Å². The van der Waals surface area contributed by atoms with E-state index in [-0.39, 0.29) is 11.3 Å². The highest BCUT2D eigenvalue weighted by molar-refractivity contribution is 7.91. The lowest BCUT2D eigenvalue weighted by molar-refractivity contribution is 0.438. The SMILES string of the molecule is Cc1ccc(S(=O)(=O)CCNC(C)(C)C)c(C)c1. The third kappa shape index (κ3) is 4.42. The maximum absolute atomic E-state index is 12.2. The van der Waals surface area contributed by atoms with Gasteiger partial charge >= 0.3 is 0 Å². The third-order valence-electron chi connectivity index (χ3n) is 2.69. The van der Waals surface area contributed by atoms with Gasteiger partial charge < -0.3 is 5.32 Å². The molecule has 1 N–H and O–H groups in total. The van der Waals surface area contributed by atoms with Gasteiger partial charge in [0.05, 0.1) is 10.6 Å². The summed E-state index contributed by atoms with van der Waals surface area (Å²) in [5.41, 5.74) is 1.85. The molecule has 3 nitrogen and oxygen atoms in total. The minimum Gasteiger partial charge on any atom is -0.311 e. The van der Waals surface area contributed by atoms with Crippen molar-refractivity contribution in [1.82, 2.24) is 5.32 Å². The summed E-state index contributed by atoms with van der Waals surface area (Å²) in [4.78, 5) is 0.448. The van der Waals surface area contributed by atoms with Crippen molar-refractivity contribution < 1.29 is 8.42 Å². The van der Waals surface area contributed by atoms with Gasteiger partial charge in [-0.3, -0.25) is 0 Å². The fourth-order valence-corrected chi connectivity index (χ4v) is 3.23. The molecular formula is C14H23NO2S. The Kier molecular flexibility index (Phi) is 4.56. The van der Waals surface area contributed by atoms with E-state index in [0.29, 0.717) is 11.4 Å². The topological polar surface area (TPSA) is 46.2 Å². The van der Waals surface area contributed by atoms with Gasteiger partial charge in [-0.2, -0.15) is 0 Å². The average molecular weight is 269 g/mol. The van der Waals surface area contributed by atoms with E-state index in [1.807, 2.05) is 46.8 Å². The van der Waals surface area contributed by atoms with Crippen LogP contribution in [0.4, 0.5) is 0 Å². The first kappa shape index (κ1) is 15.2. The molecule has 0 saturated carbocycles. The average Bonchev–Trinajstić information content (AvgIpc) is 2.13. The highest BCUT2D eigenvalue weighted by Gasteiger charge is 2.18. The second-order valence-corrected chi connectivity index (χ2v) is 7.84. The zero-order valence-corrected chi connectivity index (χ0v) is 12.7. The molecule has 0 saturated heterocycles. The molecule has 0 bridgehead atoms. The molecular weight excluding hydrogens is 246 g/mol. The largest absolute Gasteiger partial charge is 0.311 e. The van der Waals surface area contributed by atoms with Gasteiger partial charge in [0.2, 0.25) is 0 Å². The molecule has 0 spiro atoms. The predicted molar refractivity (Wildman–Crippen MR) is 75.7 cm³/mol. The Hall–Kier alpha value is -0.870. The van der Waals surface area contributed by atoms with E-state index >= 15 is 0 Å². The number of nitrogens with one attached hydrogen (secondary N) is 1. The van der Waals surface area contributed by atoms with Gasteiger partial charge in [0.1, 0.15) is 0 Å². The summed E-state index contributed by atoms with van der Waals surface area (Å²) in [6.07, 6.45) is 0. The molecule has 0 aliphatic heterocycles. The van der Waals surface area contributed by atoms with Crippen LogP contribution in [0.15, 0.2) is 23.1 Å². The van der Waals surface area contributed by atoms with Crippen molar-refractivity contribution in [2.24, 2.45) is 0 Å². The van der Waals surface area contributed by atoms with Crippen LogP contribution in [0.3, 0.4) is 0 Å². The quantitative estimate of drug-likeness (QED) is 0.913.